The van der Waals surface area contributed by atoms with E-state index in [1.165, 1.54) is 30.4 Å². The summed E-state index contributed by atoms with van der Waals surface area (Å²) in [5.41, 5.74) is 2.53. The third-order valence-electron chi connectivity index (χ3n) is 4.73. The molecule has 1 saturated carbocycles. The van der Waals surface area contributed by atoms with Crippen LogP contribution in [0.5, 0.6) is 0 Å². The van der Waals surface area contributed by atoms with Gasteiger partial charge in [-0.25, -0.2) is 0 Å². The van der Waals surface area contributed by atoms with Crippen LogP contribution in [-0.4, -0.2) is 30.0 Å². The second kappa shape index (κ2) is 6.42. The summed E-state index contributed by atoms with van der Waals surface area (Å²) in [5, 5.41) is 3.56. The summed E-state index contributed by atoms with van der Waals surface area (Å²) in [6.45, 7) is 5.85. The molecule has 0 bridgehead atoms. The summed E-state index contributed by atoms with van der Waals surface area (Å²) in [6.07, 6.45) is 9.84. The van der Waals surface area contributed by atoms with Crippen molar-refractivity contribution in [3.8, 4) is 0 Å². The van der Waals surface area contributed by atoms with Crippen LogP contribution in [-0.2, 0) is 9.47 Å². The Balaban J connectivity index is 1.51. The van der Waals surface area contributed by atoms with Crippen molar-refractivity contribution < 1.29 is 9.47 Å². The fraction of sp³-hybridized carbons (Fsp3) is 0.706. The average molecular weight is 290 g/mol. The molecule has 0 unspecified atom stereocenters. The molecule has 4 nitrogen and oxygen atoms in total. The predicted octanol–water partition coefficient (Wildman–Crippen LogP) is 3.12. The molecule has 4 heteroatoms. The van der Waals surface area contributed by atoms with Gasteiger partial charge < -0.3 is 14.8 Å². The van der Waals surface area contributed by atoms with E-state index in [0.29, 0.717) is 6.61 Å². The number of rotatable bonds is 4. The van der Waals surface area contributed by atoms with Gasteiger partial charge in [0.15, 0.2) is 5.79 Å². The molecule has 2 heterocycles. The van der Waals surface area contributed by atoms with Gasteiger partial charge in [-0.1, -0.05) is 6.42 Å². The van der Waals surface area contributed by atoms with Gasteiger partial charge in [-0.15, -0.1) is 0 Å². The van der Waals surface area contributed by atoms with Crippen LogP contribution in [0.1, 0.15) is 56.2 Å². The van der Waals surface area contributed by atoms with Gasteiger partial charge in [0.05, 0.1) is 12.7 Å². The Hall–Kier alpha value is -0.970. The van der Waals surface area contributed by atoms with E-state index in [2.05, 4.69) is 30.2 Å². The Morgan fingerprint density at radius 3 is 2.95 bits per heavy atom. The number of ether oxygens (including phenoxy) is 2. The molecular formula is C17H26N2O2. The molecule has 0 aromatic carbocycles. The highest BCUT2D eigenvalue weighted by Crippen LogP contribution is 2.37. The maximum Gasteiger partial charge on any atom is 0.168 e. The number of aryl methyl sites for hydroxylation is 1. The lowest BCUT2D eigenvalue weighted by Gasteiger charge is -2.31. The fourth-order valence-corrected chi connectivity index (χ4v) is 3.42. The van der Waals surface area contributed by atoms with Crippen LogP contribution in [0, 0.1) is 6.92 Å². The standard InChI is InChI=1S/C17H26N2O2/c1-13-6-9-18-11-16(13)14(2)19-10-15-12-20-17(21-15)7-4-3-5-8-17/h6,9,11,14-15,19H,3-5,7-8,10,12H2,1-2H3/t14-,15-/m1/s1. The van der Waals surface area contributed by atoms with Gasteiger partial charge in [0, 0.05) is 37.8 Å². The Morgan fingerprint density at radius 1 is 1.38 bits per heavy atom. The number of nitrogens with one attached hydrogen (secondary N) is 1. The molecule has 1 aromatic rings. The highest BCUT2D eigenvalue weighted by atomic mass is 16.7. The van der Waals surface area contributed by atoms with E-state index in [-0.39, 0.29) is 17.9 Å². The number of pyridine rings is 1. The van der Waals surface area contributed by atoms with E-state index in [0.717, 1.165) is 19.4 Å². The highest BCUT2D eigenvalue weighted by Gasteiger charge is 2.42. The SMILES string of the molecule is Cc1ccncc1[C@@H](C)NC[C@@H]1COC2(CCCCC2)O1. The van der Waals surface area contributed by atoms with Crippen molar-refractivity contribution in [2.24, 2.45) is 0 Å². The summed E-state index contributed by atoms with van der Waals surface area (Å²) < 4.78 is 12.2. The van der Waals surface area contributed by atoms with Gasteiger partial charge in [-0.05, 0) is 43.9 Å². The molecule has 1 saturated heterocycles. The second-order valence-electron chi connectivity index (χ2n) is 6.38. The maximum atomic E-state index is 6.21. The summed E-state index contributed by atoms with van der Waals surface area (Å²) in [5.74, 6) is -0.266. The molecule has 116 valence electrons. The summed E-state index contributed by atoms with van der Waals surface area (Å²) in [6, 6.07) is 2.34. The van der Waals surface area contributed by atoms with Crippen molar-refractivity contribution in [2.45, 2.75) is 63.9 Å². The Bertz CT molecular complexity index is 472. The van der Waals surface area contributed by atoms with Gasteiger partial charge in [0.25, 0.3) is 0 Å². The molecule has 2 fully saturated rings. The lowest BCUT2D eigenvalue weighted by atomic mass is 9.94. The smallest absolute Gasteiger partial charge is 0.168 e. The third kappa shape index (κ3) is 3.44. The van der Waals surface area contributed by atoms with E-state index in [1.54, 1.807) is 0 Å². The molecule has 2 atom stereocenters. The minimum absolute atomic E-state index is 0.169. The van der Waals surface area contributed by atoms with Gasteiger partial charge in [0.2, 0.25) is 0 Å². The number of nitrogens with zero attached hydrogens (tertiary/aromatic N) is 1. The van der Waals surface area contributed by atoms with Crippen molar-refractivity contribution in [1.29, 1.82) is 0 Å². The monoisotopic (exact) mass is 290 g/mol. The van der Waals surface area contributed by atoms with Crippen molar-refractivity contribution in [3.63, 3.8) is 0 Å². The molecule has 0 amide bonds. The summed E-state index contributed by atoms with van der Waals surface area (Å²) in [4.78, 5) is 4.22. The van der Waals surface area contributed by atoms with E-state index in [9.17, 15) is 0 Å². The first-order valence-electron chi connectivity index (χ1n) is 8.14. The quantitative estimate of drug-likeness (QED) is 0.925. The van der Waals surface area contributed by atoms with Gasteiger partial charge >= 0.3 is 0 Å². The summed E-state index contributed by atoms with van der Waals surface area (Å²) in [7, 11) is 0. The summed E-state index contributed by atoms with van der Waals surface area (Å²) >= 11 is 0. The van der Waals surface area contributed by atoms with Crippen LogP contribution in [0.15, 0.2) is 18.5 Å². The molecule has 3 rings (SSSR count). The lowest BCUT2D eigenvalue weighted by Crippen LogP contribution is -2.36. The van der Waals surface area contributed by atoms with Crippen molar-refractivity contribution in [3.05, 3.63) is 29.6 Å². The Morgan fingerprint density at radius 2 is 2.19 bits per heavy atom. The molecule has 1 aliphatic carbocycles. The first-order chi connectivity index (χ1) is 10.2. The van der Waals surface area contributed by atoms with Crippen LogP contribution >= 0.6 is 0 Å². The topological polar surface area (TPSA) is 43.4 Å². The van der Waals surface area contributed by atoms with Gasteiger partial charge in [-0.2, -0.15) is 0 Å². The second-order valence-corrected chi connectivity index (χ2v) is 6.38. The van der Waals surface area contributed by atoms with E-state index >= 15 is 0 Å². The molecule has 1 aromatic heterocycles. The van der Waals surface area contributed by atoms with E-state index in [1.807, 2.05) is 12.4 Å². The molecule has 1 spiro atoms. The molecule has 1 N–H and O–H groups in total. The number of aromatic nitrogens is 1. The van der Waals surface area contributed by atoms with Crippen LogP contribution < -0.4 is 5.32 Å². The average Bonchev–Trinajstić information content (AvgIpc) is 2.89. The fourth-order valence-electron chi connectivity index (χ4n) is 3.42. The van der Waals surface area contributed by atoms with E-state index < -0.39 is 0 Å². The zero-order valence-electron chi connectivity index (χ0n) is 13.1. The normalized spacial score (nSPS) is 26.1. The van der Waals surface area contributed by atoms with Crippen LogP contribution in [0.4, 0.5) is 0 Å². The van der Waals surface area contributed by atoms with Gasteiger partial charge in [0.1, 0.15) is 0 Å². The molecular weight excluding hydrogens is 264 g/mol. The number of hydrogen-bond acceptors (Lipinski definition) is 4. The van der Waals surface area contributed by atoms with E-state index in [4.69, 9.17) is 9.47 Å². The van der Waals surface area contributed by atoms with Crippen molar-refractivity contribution >= 4 is 0 Å². The molecule has 21 heavy (non-hydrogen) atoms. The largest absolute Gasteiger partial charge is 0.347 e. The minimum Gasteiger partial charge on any atom is -0.347 e. The first-order valence-corrected chi connectivity index (χ1v) is 8.14. The minimum atomic E-state index is -0.266. The predicted molar refractivity (Wildman–Crippen MR) is 82.0 cm³/mol. The molecule has 2 aliphatic rings. The zero-order valence-corrected chi connectivity index (χ0v) is 13.1. The van der Waals surface area contributed by atoms with Gasteiger partial charge in [-0.3, -0.25) is 4.98 Å². The lowest BCUT2D eigenvalue weighted by molar-refractivity contribution is -0.186. The Kier molecular flexibility index (Phi) is 4.57. The highest BCUT2D eigenvalue weighted by molar-refractivity contribution is 5.24. The Labute approximate surface area is 127 Å². The maximum absolute atomic E-state index is 6.21. The number of hydrogen-bond donors (Lipinski definition) is 1. The van der Waals surface area contributed by atoms with Crippen molar-refractivity contribution in [1.82, 2.24) is 10.3 Å². The van der Waals surface area contributed by atoms with Crippen LogP contribution in [0.25, 0.3) is 0 Å². The third-order valence-corrected chi connectivity index (χ3v) is 4.73. The molecule has 0 radical (unpaired) electrons. The van der Waals surface area contributed by atoms with Crippen molar-refractivity contribution in [2.75, 3.05) is 13.2 Å². The zero-order chi connectivity index (χ0) is 14.7. The van der Waals surface area contributed by atoms with Crippen LogP contribution in [0.3, 0.4) is 0 Å². The first kappa shape index (κ1) is 14.9. The molecule has 1 aliphatic heterocycles. The van der Waals surface area contributed by atoms with Crippen LogP contribution in [0.2, 0.25) is 0 Å².